The number of anilines is 1. The van der Waals surface area contributed by atoms with Crippen LogP contribution >= 0.6 is 0 Å². The fourth-order valence-corrected chi connectivity index (χ4v) is 2.52. The second-order valence-electron chi connectivity index (χ2n) is 5.00. The van der Waals surface area contributed by atoms with Crippen molar-refractivity contribution >= 4 is 11.4 Å². The van der Waals surface area contributed by atoms with Crippen molar-refractivity contribution in [3.05, 3.63) is 33.9 Å². The van der Waals surface area contributed by atoms with Crippen LogP contribution in [0.2, 0.25) is 0 Å². The van der Waals surface area contributed by atoms with Gasteiger partial charge in [-0.25, -0.2) is 4.39 Å². The van der Waals surface area contributed by atoms with E-state index < -0.39 is 34.4 Å². The number of nitro benzene ring substituents is 1. The minimum Gasteiger partial charge on any atom is -0.391 e. The Labute approximate surface area is 114 Å². The summed E-state index contributed by atoms with van der Waals surface area (Å²) in [6.07, 6.45) is 3.21. The Balaban J connectivity index is 2.29. The van der Waals surface area contributed by atoms with Crippen LogP contribution in [-0.4, -0.2) is 22.2 Å². The molecule has 0 aliphatic heterocycles. The van der Waals surface area contributed by atoms with Crippen LogP contribution in [0.5, 0.6) is 0 Å². The molecule has 110 valence electrons. The Morgan fingerprint density at radius 2 is 1.95 bits per heavy atom. The van der Waals surface area contributed by atoms with Crippen molar-refractivity contribution in [2.45, 2.75) is 44.2 Å². The van der Waals surface area contributed by atoms with Gasteiger partial charge in [-0.05, 0) is 12.8 Å². The van der Waals surface area contributed by atoms with Gasteiger partial charge in [0.25, 0.3) is 0 Å². The van der Waals surface area contributed by atoms with Gasteiger partial charge in [-0.3, -0.25) is 10.1 Å². The molecule has 1 aromatic carbocycles. The quantitative estimate of drug-likeness (QED) is 0.509. The Hall–Kier alpha value is -1.76. The minimum absolute atomic E-state index is 0.224. The highest BCUT2D eigenvalue weighted by atomic mass is 19.1. The molecule has 7 heteroatoms. The molecule has 0 aromatic heterocycles. The SMILES string of the molecule is O=[N+]([O-])c1c(F)cc(F)cc1NC1CCCCCC1O. The number of rotatable bonds is 3. The van der Waals surface area contributed by atoms with Crippen LogP contribution in [0.4, 0.5) is 20.2 Å². The zero-order valence-electron chi connectivity index (χ0n) is 10.8. The molecule has 0 saturated heterocycles. The number of nitrogens with zero attached hydrogens (tertiary/aromatic N) is 1. The van der Waals surface area contributed by atoms with Crippen LogP contribution in [-0.2, 0) is 0 Å². The average molecular weight is 286 g/mol. The lowest BCUT2D eigenvalue weighted by atomic mass is 10.1. The second-order valence-corrected chi connectivity index (χ2v) is 5.00. The predicted octanol–water partition coefficient (Wildman–Crippen LogP) is 2.98. The summed E-state index contributed by atoms with van der Waals surface area (Å²) in [6, 6.07) is 0.934. The molecule has 0 spiro atoms. The van der Waals surface area contributed by atoms with Crippen LogP contribution in [0.25, 0.3) is 0 Å². The highest BCUT2D eigenvalue weighted by Crippen LogP contribution is 2.31. The summed E-state index contributed by atoms with van der Waals surface area (Å²) in [5.41, 5.74) is -1.01. The van der Waals surface area contributed by atoms with E-state index in [0.29, 0.717) is 18.9 Å². The number of nitro groups is 1. The van der Waals surface area contributed by atoms with E-state index >= 15 is 0 Å². The minimum atomic E-state index is -1.22. The van der Waals surface area contributed by atoms with Gasteiger partial charge in [-0.1, -0.05) is 19.3 Å². The zero-order chi connectivity index (χ0) is 14.7. The van der Waals surface area contributed by atoms with Gasteiger partial charge in [0.1, 0.15) is 11.5 Å². The number of hydrogen-bond acceptors (Lipinski definition) is 4. The third-order valence-corrected chi connectivity index (χ3v) is 3.53. The third kappa shape index (κ3) is 3.22. The molecule has 0 bridgehead atoms. The van der Waals surface area contributed by atoms with Gasteiger partial charge >= 0.3 is 5.69 Å². The fourth-order valence-electron chi connectivity index (χ4n) is 2.52. The number of aliphatic hydroxyl groups excluding tert-OH is 1. The van der Waals surface area contributed by atoms with Crippen molar-refractivity contribution < 1.29 is 18.8 Å². The highest BCUT2D eigenvalue weighted by Gasteiger charge is 2.27. The second kappa shape index (κ2) is 6.13. The molecule has 2 unspecified atom stereocenters. The Morgan fingerprint density at radius 3 is 2.65 bits per heavy atom. The molecule has 1 fully saturated rings. The first-order chi connectivity index (χ1) is 9.49. The number of aliphatic hydroxyl groups is 1. The van der Waals surface area contributed by atoms with Crippen molar-refractivity contribution in [1.29, 1.82) is 0 Å². The van der Waals surface area contributed by atoms with Crippen LogP contribution in [0.3, 0.4) is 0 Å². The van der Waals surface area contributed by atoms with Crippen molar-refractivity contribution in [3.63, 3.8) is 0 Å². The van der Waals surface area contributed by atoms with Crippen molar-refractivity contribution in [2.75, 3.05) is 5.32 Å². The Morgan fingerprint density at radius 1 is 1.25 bits per heavy atom. The van der Waals surface area contributed by atoms with Crippen LogP contribution in [0.1, 0.15) is 32.1 Å². The summed E-state index contributed by atoms with van der Waals surface area (Å²) in [4.78, 5) is 10.00. The fraction of sp³-hybridized carbons (Fsp3) is 0.538. The monoisotopic (exact) mass is 286 g/mol. The van der Waals surface area contributed by atoms with E-state index in [9.17, 15) is 24.0 Å². The predicted molar refractivity (Wildman–Crippen MR) is 69.5 cm³/mol. The summed E-state index contributed by atoms with van der Waals surface area (Å²) < 4.78 is 26.7. The summed E-state index contributed by atoms with van der Waals surface area (Å²) in [6.45, 7) is 0. The largest absolute Gasteiger partial charge is 0.391 e. The van der Waals surface area contributed by atoms with E-state index in [-0.39, 0.29) is 5.69 Å². The first-order valence-electron chi connectivity index (χ1n) is 6.57. The van der Waals surface area contributed by atoms with Gasteiger partial charge in [-0.15, -0.1) is 0 Å². The molecule has 20 heavy (non-hydrogen) atoms. The number of hydrogen-bond donors (Lipinski definition) is 2. The first kappa shape index (κ1) is 14.6. The van der Waals surface area contributed by atoms with Gasteiger partial charge < -0.3 is 10.4 Å². The maximum absolute atomic E-state index is 13.5. The molecule has 2 rings (SSSR count). The molecule has 1 aromatic rings. The lowest BCUT2D eigenvalue weighted by Crippen LogP contribution is -2.32. The first-order valence-corrected chi connectivity index (χ1v) is 6.57. The summed E-state index contributed by atoms with van der Waals surface area (Å²) in [7, 11) is 0. The number of benzene rings is 1. The maximum atomic E-state index is 13.5. The molecule has 0 radical (unpaired) electrons. The van der Waals surface area contributed by atoms with E-state index in [4.69, 9.17) is 0 Å². The van der Waals surface area contributed by atoms with Gasteiger partial charge in [-0.2, -0.15) is 4.39 Å². The van der Waals surface area contributed by atoms with E-state index in [1.807, 2.05) is 0 Å². The topological polar surface area (TPSA) is 75.4 Å². The van der Waals surface area contributed by atoms with Crippen molar-refractivity contribution in [3.8, 4) is 0 Å². The number of halogens is 2. The third-order valence-electron chi connectivity index (χ3n) is 3.53. The van der Waals surface area contributed by atoms with Crippen LogP contribution in [0, 0.1) is 21.7 Å². The van der Waals surface area contributed by atoms with Gasteiger partial charge in [0.05, 0.1) is 17.1 Å². The lowest BCUT2D eigenvalue weighted by Gasteiger charge is -2.22. The maximum Gasteiger partial charge on any atom is 0.327 e. The van der Waals surface area contributed by atoms with E-state index in [1.54, 1.807) is 0 Å². The molecule has 1 aliphatic rings. The summed E-state index contributed by atoms with van der Waals surface area (Å²) >= 11 is 0. The Kier molecular flexibility index (Phi) is 4.49. The molecule has 2 atom stereocenters. The smallest absolute Gasteiger partial charge is 0.327 e. The van der Waals surface area contributed by atoms with Gasteiger partial charge in [0.15, 0.2) is 0 Å². The molecule has 0 heterocycles. The van der Waals surface area contributed by atoms with Crippen LogP contribution < -0.4 is 5.32 Å². The molecule has 0 amide bonds. The van der Waals surface area contributed by atoms with Gasteiger partial charge in [0, 0.05) is 12.1 Å². The Bertz CT molecular complexity index is 511. The van der Waals surface area contributed by atoms with E-state index in [2.05, 4.69) is 5.32 Å². The highest BCUT2D eigenvalue weighted by molar-refractivity contribution is 5.62. The van der Waals surface area contributed by atoms with Gasteiger partial charge in [0.2, 0.25) is 5.82 Å². The average Bonchev–Trinajstić information content (AvgIpc) is 2.53. The van der Waals surface area contributed by atoms with Crippen molar-refractivity contribution in [2.24, 2.45) is 0 Å². The molecule has 2 N–H and O–H groups in total. The molecular weight excluding hydrogens is 270 g/mol. The normalized spacial score (nSPS) is 23.1. The summed E-state index contributed by atoms with van der Waals surface area (Å²) in [5, 5.41) is 23.6. The molecule has 1 saturated carbocycles. The lowest BCUT2D eigenvalue weighted by molar-refractivity contribution is -0.386. The van der Waals surface area contributed by atoms with Crippen molar-refractivity contribution in [1.82, 2.24) is 0 Å². The summed E-state index contributed by atoms with van der Waals surface area (Å²) in [5.74, 6) is -2.11. The van der Waals surface area contributed by atoms with Crippen LogP contribution in [0.15, 0.2) is 12.1 Å². The number of nitrogens with one attached hydrogen (secondary N) is 1. The molecular formula is C13H16F2N2O3. The van der Waals surface area contributed by atoms with E-state index in [0.717, 1.165) is 25.3 Å². The standard InChI is InChI=1S/C13H16F2N2O3/c14-8-6-9(15)13(17(19)20)11(7-8)16-10-4-2-1-3-5-12(10)18/h6-7,10,12,16,18H,1-5H2. The zero-order valence-corrected chi connectivity index (χ0v) is 10.8. The molecule has 5 nitrogen and oxygen atoms in total. The molecule has 1 aliphatic carbocycles. The van der Waals surface area contributed by atoms with E-state index in [1.165, 1.54) is 0 Å².